The molecule has 0 saturated heterocycles. The molecule has 3 rings (SSSR count). The molecule has 1 aromatic carbocycles. The molecular weight excluding hydrogens is 324 g/mol. The fourth-order valence-corrected chi connectivity index (χ4v) is 2.75. The van der Waals surface area contributed by atoms with Gasteiger partial charge in [0.15, 0.2) is 0 Å². The van der Waals surface area contributed by atoms with Gasteiger partial charge in [-0.2, -0.15) is 13.2 Å². The molecule has 0 radical (unpaired) electrons. The third-order valence-electron chi connectivity index (χ3n) is 3.94. The summed E-state index contributed by atoms with van der Waals surface area (Å²) < 4.78 is 52.3. The molecule has 126 valence electrons. The number of carbonyl (C=O) groups excluding carboxylic acids is 1. The number of anilines is 1. The summed E-state index contributed by atoms with van der Waals surface area (Å²) in [6.45, 7) is -1.41. The minimum atomic E-state index is -4.55. The van der Waals surface area contributed by atoms with Gasteiger partial charge < -0.3 is 0 Å². The van der Waals surface area contributed by atoms with E-state index in [1.165, 1.54) is 30.5 Å². The lowest BCUT2D eigenvalue weighted by Gasteiger charge is -2.23. The molecule has 0 N–H and O–H groups in total. The highest BCUT2D eigenvalue weighted by Gasteiger charge is 2.49. The van der Waals surface area contributed by atoms with Gasteiger partial charge in [-0.05, 0) is 36.1 Å². The van der Waals surface area contributed by atoms with E-state index in [0.29, 0.717) is 16.9 Å². The quantitative estimate of drug-likeness (QED) is 0.792. The van der Waals surface area contributed by atoms with Crippen LogP contribution in [-0.4, -0.2) is 23.6 Å². The van der Waals surface area contributed by atoms with E-state index < -0.39 is 36.3 Å². The Kier molecular flexibility index (Phi) is 4.26. The van der Waals surface area contributed by atoms with Crippen LogP contribution in [0.3, 0.4) is 0 Å². The van der Waals surface area contributed by atoms with Crippen molar-refractivity contribution in [1.82, 2.24) is 4.98 Å². The predicted molar refractivity (Wildman–Crippen MR) is 79.9 cm³/mol. The van der Waals surface area contributed by atoms with Gasteiger partial charge in [-0.25, -0.2) is 9.37 Å². The van der Waals surface area contributed by atoms with Gasteiger partial charge >= 0.3 is 6.18 Å². The molecule has 1 aliphatic carbocycles. The molecule has 0 spiro atoms. The van der Waals surface area contributed by atoms with Gasteiger partial charge in [0.1, 0.15) is 18.2 Å². The number of benzene rings is 1. The third kappa shape index (κ3) is 3.55. The summed E-state index contributed by atoms with van der Waals surface area (Å²) >= 11 is 0. The Morgan fingerprint density at radius 3 is 2.50 bits per heavy atom. The van der Waals surface area contributed by atoms with Crippen molar-refractivity contribution in [2.45, 2.75) is 18.5 Å². The van der Waals surface area contributed by atoms with Crippen molar-refractivity contribution in [3.8, 4) is 0 Å². The zero-order chi connectivity index (χ0) is 17.3. The van der Waals surface area contributed by atoms with Gasteiger partial charge in [-0.1, -0.05) is 24.3 Å². The van der Waals surface area contributed by atoms with Crippen LogP contribution in [-0.2, 0) is 4.79 Å². The zero-order valence-electron chi connectivity index (χ0n) is 12.5. The summed E-state index contributed by atoms with van der Waals surface area (Å²) in [4.78, 5) is 17.0. The Bertz CT molecular complexity index is 733. The largest absolute Gasteiger partial charge is 0.406 e. The average Bonchev–Trinajstić information content (AvgIpc) is 3.33. The van der Waals surface area contributed by atoms with Crippen LogP contribution in [0.4, 0.5) is 23.4 Å². The molecule has 3 nitrogen and oxygen atoms in total. The van der Waals surface area contributed by atoms with Gasteiger partial charge in [-0.3, -0.25) is 9.69 Å². The second kappa shape index (κ2) is 6.22. The highest BCUT2D eigenvalue weighted by atomic mass is 19.4. The maximum absolute atomic E-state index is 13.8. The second-order valence-corrected chi connectivity index (χ2v) is 5.70. The Labute approximate surface area is 135 Å². The topological polar surface area (TPSA) is 33.2 Å². The highest BCUT2D eigenvalue weighted by Crippen LogP contribution is 2.49. The number of hydrogen-bond acceptors (Lipinski definition) is 2. The molecule has 2 aromatic rings. The fraction of sp³-hybridized carbons (Fsp3) is 0.294. The first-order valence-corrected chi connectivity index (χ1v) is 7.40. The number of carbonyl (C=O) groups is 1. The summed E-state index contributed by atoms with van der Waals surface area (Å²) in [5.41, 5.74) is 0.365. The summed E-state index contributed by atoms with van der Waals surface area (Å²) in [5.74, 6) is -2.24. The van der Waals surface area contributed by atoms with Crippen LogP contribution in [0.15, 0.2) is 48.7 Å². The van der Waals surface area contributed by atoms with Crippen LogP contribution in [0.5, 0.6) is 0 Å². The zero-order valence-corrected chi connectivity index (χ0v) is 12.5. The molecule has 1 saturated carbocycles. The number of amides is 1. The van der Waals surface area contributed by atoms with Crippen molar-refractivity contribution in [2.24, 2.45) is 5.92 Å². The van der Waals surface area contributed by atoms with E-state index in [4.69, 9.17) is 0 Å². The van der Waals surface area contributed by atoms with Crippen LogP contribution in [0.1, 0.15) is 17.9 Å². The van der Waals surface area contributed by atoms with Crippen molar-refractivity contribution in [2.75, 3.05) is 11.4 Å². The fourth-order valence-electron chi connectivity index (χ4n) is 2.75. The Morgan fingerprint density at radius 2 is 1.88 bits per heavy atom. The van der Waals surface area contributed by atoms with Gasteiger partial charge in [0.25, 0.3) is 0 Å². The lowest BCUT2D eigenvalue weighted by Crippen LogP contribution is -2.40. The average molecular weight is 338 g/mol. The lowest BCUT2D eigenvalue weighted by molar-refractivity contribution is -0.133. The Balaban J connectivity index is 1.82. The van der Waals surface area contributed by atoms with E-state index in [1.54, 1.807) is 18.2 Å². The number of nitrogens with zero attached hydrogens (tertiary/aromatic N) is 2. The summed E-state index contributed by atoms with van der Waals surface area (Å²) in [6, 6.07) is 10.4. The number of rotatable bonds is 4. The number of halogens is 4. The van der Waals surface area contributed by atoms with Gasteiger partial charge in [0.2, 0.25) is 5.91 Å². The summed E-state index contributed by atoms with van der Waals surface area (Å²) in [7, 11) is 0. The molecule has 0 bridgehead atoms. The second-order valence-electron chi connectivity index (χ2n) is 5.70. The van der Waals surface area contributed by atoms with E-state index in [1.807, 2.05) is 0 Å². The molecule has 2 atom stereocenters. The van der Waals surface area contributed by atoms with E-state index >= 15 is 0 Å². The van der Waals surface area contributed by atoms with Crippen molar-refractivity contribution >= 4 is 11.7 Å². The first-order valence-electron chi connectivity index (χ1n) is 7.40. The van der Waals surface area contributed by atoms with E-state index in [9.17, 15) is 22.4 Å². The van der Waals surface area contributed by atoms with Gasteiger partial charge in [0, 0.05) is 12.1 Å². The van der Waals surface area contributed by atoms with Crippen molar-refractivity contribution in [1.29, 1.82) is 0 Å². The van der Waals surface area contributed by atoms with Crippen LogP contribution >= 0.6 is 0 Å². The SMILES string of the molecule is O=C([C@H]1C[C@@H]1c1ccccc1F)N(CC(F)(F)F)c1ccccn1. The minimum absolute atomic E-state index is 0.0565. The molecule has 0 unspecified atom stereocenters. The number of aromatic nitrogens is 1. The monoisotopic (exact) mass is 338 g/mol. The number of pyridine rings is 1. The minimum Gasteiger partial charge on any atom is -0.287 e. The first-order chi connectivity index (χ1) is 11.4. The number of alkyl halides is 3. The molecule has 1 heterocycles. The van der Waals surface area contributed by atoms with Crippen LogP contribution in [0, 0.1) is 11.7 Å². The van der Waals surface area contributed by atoms with Crippen LogP contribution < -0.4 is 4.90 Å². The standard InChI is InChI=1S/C17H14F4N2O/c18-14-6-2-1-5-11(14)12-9-13(12)16(24)23(10-17(19,20)21)15-7-3-4-8-22-15/h1-8,12-13H,9-10H2/t12-,13+/m1/s1. The molecule has 1 fully saturated rings. The maximum Gasteiger partial charge on any atom is 0.406 e. The molecule has 7 heteroatoms. The smallest absolute Gasteiger partial charge is 0.287 e. The molecule has 1 amide bonds. The van der Waals surface area contributed by atoms with Crippen molar-refractivity contribution in [3.63, 3.8) is 0 Å². The summed E-state index contributed by atoms with van der Waals surface area (Å²) in [5, 5.41) is 0. The van der Waals surface area contributed by atoms with Gasteiger partial charge in [0.05, 0.1) is 0 Å². The molecule has 1 aliphatic rings. The normalized spacial score (nSPS) is 19.8. The predicted octanol–water partition coefficient (Wildman–Crippen LogP) is 3.92. The van der Waals surface area contributed by atoms with Crippen molar-refractivity contribution in [3.05, 3.63) is 60.0 Å². The Morgan fingerprint density at radius 1 is 1.17 bits per heavy atom. The molecular formula is C17H14F4N2O. The van der Waals surface area contributed by atoms with E-state index in [0.717, 1.165) is 0 Å². The van der Waals surface area contributed by atoms with Crippen molar-refractivity contribution < 1.29 is 22.4 Å². The Hall–Kier alpha value is -2.44. The van der Waals surface area contributed by atoms with E-state index in [-0.39, 0.29) is 5.82 Å². The van der Waals surface area contributed by atoms with Crippen LogP contribution in [0.25, 0.3) is 0 Å². The van der Waals surface area contributed by atoms with E-state index in [2.05, 4.69) is 4.98 Å². The lowest BCUT2D eigenvalue weighted by atomic mass is 10.1. The molecule has 0 aliphatic heterocycles. The van der Waals surface area contributed by atoms with Gasteiger partial charge in [-0.15, -0.1) is 0 Å². The highest BCUT2D eigenvalue weighted by molar-refractivity contribution is 5.96. The van der Waals surface area contributed by atoms with Crippen LogP contribution in [0.2, 0.25) is 0 Å². The first kappa shape index (κ1) is 16.4. The summed E-state index contributed by atoms with van der Waals surface area (Å²) in [6.07, 6.45) is -2.89. The maximum atomic E-state index is 13.8. The number of hydrogen-bond donors (Lipinski definition) is 0. The third-order valence-corrected chi connectivity index (χ3v) is 3.94. The molecule has 24 heavy (non-hydrogen) atoms. The molecule has 1 aromatic heterocycles.